The van der Waals surface area contributed by atoms with Crippen LogP contribution in [-0.2, 0) is 11.2 Å². The van der Waals surface area contributed by atoms with Crippen LogP contribution >= 0.6 is 0 Å². The van der Waals surface area contributed by atoms with Gasteiger partial charge in [0.25, 0.3) is 5.91 Å². The number of hydrogen-bond donors (Lipinski definition) is 1. The normalized spacial score (nSPS) is 10.4. The van der Waals surface area contributed by atoms with Crippen LogP contribution in [0.15, 0.2) is 51.7 Å². The zero-order valence-electron chi connectivity index (χ0n) is 15.0. The molecule has 1 aromatic heterocycles. The zero-order valence-corrected chi connectivity index (χ0v) is 15.0. The van der Waals surface area contributed by atoms with Crippen molar-refractivity contribution >= 4 is 22.6 Å². The molecule has 1 N–H and O–H groups in total. The lowest BCUT2D eigenvalue weighted by Gasteiger charge is -2.11. The van der Waals surface area contributed by atoms with E-state index in [-0.39, 0.29) is 12.5 Å². The van der Waals surface area contributed by atoms with Crippen molar-refractivity contribution < 1.29 is 13.9 Å². The van der Waals surface area contributed by atoms with Crippen molar-refractivity contribution in [2.45, 2.75) is 20.3 Å². The molecule has 136 valence electrons. The summed E-state index contributed by atoms with van der Waals surface area (Å²) in [5.74, 6) is 0.170. The second kappa shape index (κ2) is 7.75. The minimum Gasteiger partial charge on any atom is -0.483 e. The largest absolute Gasteiger partial charge is 0.483 e. The molecule has 3 aromatic rings. The number of aryl methyl sites for hydroxylation is 2. The number of nitrogens with one attached hydrogen (secondary N) is 1. The first-order valence-corrected chi connectivity index (χ1v) is 8.40. The summed E-state index contributed by atoms with van der Waals surface area (Å²) in [4.78, 5) is 23.7. The molecule has 6 heteroatoms. The molecule has 0 fully saturated rings. The molecule has 27 heavy (non-hydrogen) atoms. The van der Waals surface area contributed by atoms with Crippen LogP contribution in [0.3, 0.4) is 0 Å². The van der Waals surface area contributed by atoms with Crippen molar-refractivity contribution in [3.8, 4) is 11.8 Å². The Morgan fingerprint density at radius 2 is 1.93 bits per heavy atom. The maximum absolute atomic E-state index is 12.1. The van der Waals surface area contributed by atoms with Crippen LogP contribution in [0.5, 0.6) is 5.75 Å². The second-order valence-electron chi connectivity index (χ2n) is 6.18. The number of benzene rings is 2. The number of hydrogen-bond acceptors (Lipinski definition) is 5. The van der Waals surface area contributed by atoms with Crippen LogP contribution < -0.4 is 15.7 Å². The number of nitrogens with zero attached hydrogens (tertiary/aromatic N) is 1. The highest BCUT2D eigenvalue weighted by molar-refractivity contribution is 5.92. The summed E-state index contributed by atoms with van der Waals surface area (Å²) in [7, 11) is 0. The van der Waals surface area contributed by atoms with E-state index in [1.807, 2.05) is 13.0 Å². The molecule has 0 bridgehead atoms. The summed E-state index contributed by atoms with van der Waals surface area (Å²) < 4.78 is 10.9. The maximum Gasteiger partial charge on any atom is 0.336 e. The summed E-state index contributed by atoms with van der Waals surface area (Å²) in [6.07, 6.45) is 0.328. The molecule has 0 saturated carbocycles. The monoisotopic (exact) mass is 362 g/mol. The molecule has 0 aliphatic rings. The number of fused-ring (bicyclic) bond motifs is 1. The van der Waals surface area contributed by atoms with Crippen LogP contribution in [0.2, 0.25) is 0 Å². The number of carbonyl (C=O) groups is 1. The number of ether oxygens (including phenoxy) is 1. The van der Waals surface area contributed by atoms with Gasteiger partial charge in [-0.05, 0) is 49.2 Å². The number of amides is 1. The molecular weight excluding hydrogens is 344 g/mol. The molecule has 0 saturated heterocycles. The van der Waals surface area contributed by atoms with Crippen molar-refractivity contribution in [3.05, 3.63) is 69.6 Å². The van der Waals surface area contributed by atoms with E-state index in [4.69, 9.17) is 14.4 Å². The van der Waals surface area contributed by atoms with Gasteiger partial charge in [-0.1, -0.05) is 12.1 Å². The summed E-state index contributed by atoms with van der Waals surface area (Å²) in [6.45, 7) is 3.45. The lowest BCUT2D eigenvalue weighted by atomic mass is 10.1. The van der Waals surface area contributed by atoms with Gasteiger partial charge in [0.2, 0.25) is 0 Å². The lowest BCUT2D eigenvalue weighted by molar-refractivity contribution is -0.118. The average molecular weight is 362 g/mol. The Kier molecular flexibility index (Phi) is 5.23. The predicted molar refractivity (Wildman–Crippen MR) is 102 cm³/mol. The fraction of sp³-hybridized carbons (Fsp3) is 0.190. The Morgan fingerprint density at radius 1 is 1.19 bits per heavy atom. The molecule has 0 unspecified atom stereocenters. The first-order valence-electron chi connectivity index (χ1n) is 8.40. The molecule has 0 radical (unpaired) electrons. The molecule has 0 atom stereocenters. The smallest absolute Gasteiger partial charge is 0.336 e. The quantitative estimate of drug-likeness (QED) is 0.701. The fourth-order valence-electron chi connectivity index (χ4n) is 2.79. The van der Waals surface area contributed by atoms with Gasteiger partial charge in [-0.25, -0.2) is 4.79 Å². The van der Waals surface area contributed by atoms with Gasteiger partial charge in [-0.3, -0.25) is 4.79 Å². The Labute approximate surface area is 156 Å². The van der Waals surface area contributed by atoms with Crippen molar-refractivity contribution in [2.75, 3.05) is 11.9 Å². The topological polar surface area (TPSA) is 92.3 Å². The second-order valence-corrected chi connectivity index (χ2v) is 6.18. The van der Waals surface area contributed by atoms with E-state index in [0.717, 1.165) is 16.5 Å². The van der Waals surface area contributed by atoms with Gasteiger partial charge in [0.1, 0.15) is 11.3 Å². The van der Waals surface area contributed by atoms with Gasteiger partial charge in [0.15, 0.2) is 6.61 Å². The predicted octanol–water partition coefficient (Wildman–Crippen LogP) is 3.49. The molecule has 1 amide bonds. The van der Waals surface area contributed by atoms with Crippen LogP contribution in [-0.4, -0.2) is 12.5 Å². The van der Waals surface area contributed by atoms with Gasteiger partial charge in [-0.15, -0.1) is 0 Å². The number of carbonyl (C=O) groups excluding carboxylic acids is 1. The summed E-state index contributed by atoms with van der Waals surface area (Å²) in [5.41, 5.74) is 3.05. The number of nitriles is 1. The Hall–Kier alpha value is -3.59. The van der Waals surface area contributed by atoms with E-state index in [2.05, 4.69) is 11.4 Å². The molecule has 0 spiro atoms. The zero-order chi connectivity index (χ0) is 19.4. The van der Waals surface area contributed by atoms with E-state index in [1.165, 1.54) is 6.07 Å². The highest BCUT2D eigenvalue weighted by atomic mass is 16.5. The maximum atomic E-state index is 12.1. The molecular formula is C21H18N2O4. The van der Waals surface area contributed by atoms with Crippen LogP contribution in [0.4, 0.5) is 5.69 Å². The SMILES string of the molecule is Cc1cc(=O)oc2c(C)c(OCC(=O)Nc3ccc(CC#N)cc3)ccc12. The van der Waals surface area contributed by atoms with Gasteiger partial charge in [-0.2, -0.15) is 5.26 Å². The molecule has 0 aliphatic carbocycles. The standard InChI is InChI=1S/C21H18N2O4/c1-13-11-20(25)27-21-14(2)18(8-7-17(13)21)26-12-19(24)23-16-5-3-15(4-6-16)9-10-22/h3-8,11H,9,12H2,1-2H3,(H,23,24). The third-order valence-electron chi connectivity index (χ3n) is 4.20. The Bertz CT molecular complexity index is 1090. The lowest BCUT2D eigenvalue weighted by Crippen LogP contribution is -2.20. The summed E-state index contributed by atoms with van der Waals surface area (Å²) >= 11 is 0. The van der Waals surface area contributed by atoms with Crippen molar-refractivity contribution in [2.24, 2.45) is 0 Å². The van der Waals surface area contributed by atoms with Crippen LogP contribution in [0.1, 0.15) is 16.7 Å². The number of anilines is 1. The molecule has 2 aromatic carbocycles. The van der Waals surface area contributed by atoms with Gasteiger partial charge >= 0.3 is 5.63 Å². The molecule has 0 aliphatic heterocycles. The third-order valence-corrected chi connectivity index (χ3v) is 4.20. The highest BCUT2D eigenvalue weighted by Crippen LogP contribution is 2.28. The van der Waals surface area contributed by atoms with E-state index in [9.17, 15) is 9.59 Å². The van der Waals surface area contributed by atoms with Crippen LogP contribution in [0.25, 0.3) is 11.0 Å². The van der Waals surface area contributed by atoms with Crippen molar-refractivity contribution in [1.82, 2.24) is 0 Å². The molecule has 1 heterocycles. The third kappa shape index (κ3) is 4.15. The Balaban J connectivity index is 1.69. The van der Waals surface area contributed by atoms with Crippen molar-refractivity contribution in [3.63, 3.8) is 0 Å². The summed E-state index contributed by atoms with van der Waals surface area (Å²) in [6, 6.07) is 14.1. The minimum absolute atomic E-state index is 0.178. The molecule has 3 rings (SSSR count). The van der Waals surface area contributed by atoms with E-state index >= 15 is 0 Å². The van der Waals surface area contributed by atoms with Gasteiger partial charge in [0.05, 0.1) is 12.5 Å². The van der Waals surface area contributed by atoms with Gasteiger partial charge in [0, 0.05) is 22.7 Å². The average Bonchev–Trinajstić information content (AvgIpc) is 2.63. The van der Waals surface area contributed by atoms with Crippen LogP contribution in [0, 0.1) is 25.2 Å². The highest BCUT2D eigenvalue weighted by Gasteiger charge is 2.11. The van der Waals surface area contributed by atoms with Gasteiger partial charge < -0.3 is 14.5 Å². The molecule has 6 nitrogen and oxygen atoms in total. The first-order chi connectivity index (χ1) is 13.0. The van der Waals surface area contributed by atoms with E-state index < -0.39 is 5.63 Å². The Morgan fingerprint density at radius 3 is 2.63 bits per heavy atom. The minimum atomic E-state index is -0.419. The fourth-order valence-corrected chi connectivity index (χ4v) is 2.79. The number of rotatable bonds is 5. The summed E-state index contributed by atoms with van der Waals surface area (Å²) in [5, 5.41) is 12.2. The van der Waals surface area contributed by atoms with E-state index in [0.29, 0.717) is 29.0 Å². The first kappa shape index (κ1) is 18.2. The van der Waals surface area contributed by atoms with Crippen molar-refractivity contribution in [1.29, 1.82) is 5.26 Å². The van der Waals surface area contributed by atoms with E-state index in [1.54, 1.807) is 37.3 Å².